The van der Waals surface area contributed by atoms with Gasteiger partial charge in [0, 0.05) is 0 Å². The minimum Gasteiger partial charge on any atom is -0.399 e. The Bertz CT molecular complexity index is 360. The summed E-state index contributed by atoms with van der Waals surface area (Å²) in [5.74, 6) is 0.226. The Labute approximate surface area is 89.3 Å². The molecule has 0 amide bonds. The van der Waals surface area contributed by atoms with E-state index < -0.39 is 7.82 Å². The summed E-state index contributed by atoms with van der Waals surface area (Å²) in [7, 11) is -4.43. The highest BCUT2D eigenvalue weighted by atomic mass is 127. The van der Waals surface area contributed by atoms with E-state index in [1.54, 1.807) is 40.8 Å². The van der Waals surface area contributed by atoms with Crippen LogP contribution in [0.1, 0.15) is 5.56 Å². The van der Waals surface area contributed by atoms with Gasteiger partial charge in [0.25, 0.3) is 0 Å². The van der Waals surface area contributed by atoms with Gasteiger partial charge in [-0.25, -0.2) is 4.57 Å². The van der Waals surface area contributed by atoms with Crippen molar-refractivity contribution >= 4 is 7.82 Å². The SMILES string of the molecule is Cc1ccc(OP(=O)(O)O)c([IH+])c1. The normalized spacial score (nSPS) is 11.4. The van der Waals surface area contributed by atoms with Crippen LogP contribution in [0.25, 0.3) is 0 Å². The van der Waals surface area contributed by atoms with Crippen LogP contribution in [0.3, 0.4) is 0 Å². The van der Waals surface area contributed by atoms with Gasteiger partial charge in [0.2, 0.25) is 3.57 Å². The second-order valence-electron chi connectivity index (χ2n) is 2.53. The molecule has 4 nitrogen and oxygen atoms in total. The average molecular weight is 315 g/mol. The third-order valence-corrected chi connectivity index (χ3v) is 2.66. The smallest absolute Gasteiger partial charge is 0.399 e. The molecular formula is C7H9IO4P+. The highest BCUT2D eigenvalue weighted by Crippen LogP contribution is 2.37. The first-order valence-electron chi connectivity index (χ1n) is 3.41. The number of rotatable bonds is 2. The quantitative estimate of drug-likeness (QED) is 0.486. The Morgan fingerprint density at radius 2 is 2.08 bits per heavy atom. The van der Waals surface area contributed by atoms with E-state index in [2.05, 4.69) is 4.52 Å². The molecule has 1 aromatic carbocycles. The molecule has 0 spiro atoms. The van der Waals surface area contributed by atoms with Gasteiger partial charge >= 0.3 is 30.4 Å². The van der Waals surface area contributed by atoms with Crippen LogP contribution in [0, 0.1) is 10.5 Å². The first kappa shape index (κ1) is 11.0. The lowest BCUT2D eigenvalue weighted by atomic mass is 10.2. The minimum atomic E-state index is -4.43. The van der Waals surface area contributed by atoms with Gasteiger partial charge in [-0.3, -0.25) is 9.79 Å². The average Bonchev–Trinajstić information content (AvgIpc) is 1.93. The van der Waals surface area contributed by atoms with Gasteiger partial charge in [-0.1, -0.05) is 6.07 Å². The number of hydrogen-bond acceptors (Lipinski definition) is 2. The molecule has 0 aromatic heterocycles. The summed E-state index contributed by atoms with van der Waals surface area (Å²) in [6.45, 7) is 1.90. The summed E-state index contributed by atoms with van der Waals surface area (Å²) in [6.07, 6.45) is 0. The minimum absolute atomic E-state index is 0.226. The van der Waals surface area contributed by atoms with E-state index in [0.29, 0.717) is 0 Å². The Morgan fingerprint density at radius 1 is 1.46 bits per heavy atom. The Hall–Kier alpha value is -0.100. The standard InChI is InChI=1S/C7H8IO4P/c1-5-2-3-7(6(8)4-5)12-13(9,10)11/h2-4,8H,1H3,(H-,9,10,11)/p+1. The second kappa shape index (κ2) is 3.96. The summed E-state index contributed by atoms with van der Waals surface area (Å²) < 4.78 is 15.7. The molecule has 1 aromatic rings. The van der Waals surface area contributed by atoms with Crippen molar-refractivity contribution in [3.05, 3.63) is 27.3 Å². The lowest BCUT2D eigenvalue weighted by Gasteiger charge is -2.05. The lowest BCUT2D eigenvalue weighted by molar-refractivity contribution is -0.329. The number of phosphoric ester groups is 1. The molecule has 0 saturated heterocycles. The van der Waals surface area contributed by atoms with Crippen molar-refractivity contribution in [1.82, 2.24) is 0 Å². The van der Waals surface area contributed by atoms with Crippen molar-refractivity contribution in [2.45, 2.75) is 6.92 Å². The molecule has 0 saturated carbocycles. The molecule has 6 heteroatoms. The van der Waals surface area contributed by atoms with Crippen molar-refractivity contribution in [1.29, 1.82) is 0 Å². The van der Waals surface area contributed by atoms with Gasteiger partial charge in [0.1, 0.15) is 0 Å². The molecule has 0 bridgehead atoms. The molecule has 2 N–H and O–H groups in total. The Balaban J connectivity index is 2.97. The van der Waals surface area contributed by atoms with Crippen molar-refractivity contribution in [3.8, 4) is 5.75 Å². The van der Waals surface area contributed by atoms with Crippen molar-refractivity contribution < 1.29 is 41.5 Å². The first-order chi connectivity index (χ1) is 5.88. The summed E-state index contributed by atoms with van der Waals surface area (Å²) >= 11 is 1.66. The third-order valence-electron chi connectivity index (χ3n) is 1.32. The van der Waals surface area contributed by atoms with Crippen LogP contribution in [0.15, 0.2) is 18.2 Å². The maximum absolute atomic E-state index is 10.5. The number of benzene rings is 1. The molecule has 13 heavy (non-hydrogen) atoms. The molecule has 1 rings (SSSR count). The molecule has 0 fully saturated rings. The Kier molecular flexibility index (Phi) is 3.34. The zero-order valence-electron chi connectivity index (χ0n) is 6.80. The number of hydrogen-bond donors (Lipinski definition) is 2. The van der Waals surface area contributed by atoms with Crippen LogP contribution in [-0.4, -0.2) is 9.79 Å². The maximum atomic E-state index is 10.5. The van der Waals surface area contributed by atoms with Gasteiger partial charge in [-0.2, -0.15) is 0 Å². The third kappa shape index (κ3) is 3.64. The lowest BCUT2D eigenvalue weighted by Crippen LogP contribution is -3.34. The number of halogens is 1. The van der Waals surface area contributed by atoms with E-state index in [4.69, 9.17) is 9.79 Å². The fraction of sp³-hybridized carbons (Fsp3) is 0.143. The van der Waals surface area contributed by atoms with Crippen molar-refractivity contribution in [3.63, 3.8) is 0 Å². The van der Waals surface area contributed by atoms with E-state index in [1.165, 1.54) is 0 Å². The molecule has 0 aliphatic rings. The van der Waals surface area contributed by atoms with Crippen LogP contribution < -0.4 is 27.1 Å². The zero-order valence-corrected chi connectivity index (χ0v) is 10.0. The molecule has 72 valence electrons. The van der Waals surface area contributed by atoms with Gasteiger partial charge in [0.15, 0.2) is 5.75 Å². The molecule has 0 atom stereocenters. The number of aryl methyl sites for hydroxylation is 1. The van der Waals surface area contributed by atoms with Crippen LogP contribution in [0.5, 0.6) is 5.75 Å². The van der Waals surface area contributed by atoms with Gasteiger partial charge in [-0.05, 0) is 24.6 Å². The van der Waals surface area contributed by atoms with E-state index in [9.17, 15) is 4.57 Å². The topological polar surface area (TPSA) is 66.8 Å². The predicted molar refractivity (Wildman–Crippen MR) is 43.9 cm³/mol. The number of phosphoric acid groups is 1. The zero-order chi connectivity index (χ0) is 10.1. The van der Waals surface area contributed by atoms with Crippen LogP contribution in [0.2, 0.25) is 0 Å². The summed E-state index contributed by atoms with van der Waals surface area (Å²) in [5, 5.41) is 0. The van der Waals surface area contributed by atoms with Crippen molar-refractivity contribution in [2.24, 2.45) is 0 Å². The van der Waals surface area contributed by atoms with E-state index >= 15 is 0 Å². The van der Waals surface area contributed by atoms with Crippen LogP contribution >= 0.6 is 7.82 Å². The van der Waals surface area contributed by atoms with Crippen LogP contribution in [-0.2, 0) is 4.57 Å². The molecule has 0 unspecified atom stereocenters. The fourth-order valence-corrected chi connectivity index (χ4v) is 2.27. The fourth-order valence-electron chi connectivity index (χ4n) is 0.819. The van der Waals surface area contributed by atoms with E-state index in [-0.39, 0.29) is 5.75 Å². The molecule has 0 heterocycles. The van der Waals surface area contributed by atoms with Gasteiger partial charge in [-0.15, -0.1) is 0 Å². The monoisotopic (exact) mass is 315 g/mol. The largest absolute Gasteiger partial charge is 0.524 e. The van der Waals surface area contributed by atoms with Gasteiger partial charge in [0.05, 0.1) is 0 Å². The van der Waals surface area contributed by atoms with Crippen LogP contribution in [0.4, 0.5) is 0 Å². The first-order valence-corrected chi connectivity index (χ1v) is 6.11. The molecule has 0 aliphatic carbocycles. The highest BCUT2D eigenvalue weighted by molar-refractivity contribution is 7.46. The summed E-state index contributed by atoms with van der Waals surface area (Å²) in [5.41, 5.74) is 1.03. The maximum Gasteiger partial charge on any atom is 0.524 e. The molecule has 0 aliphatic heterocycles. The van der Waals surface area contributed by atoms with Gasteiger partial charge < -0.3 is 4.52 Å². The predicted octanol–water partition coefficient (Wildman–Crippen LogP) is -2.08. The molecular weight excluding hydrogens is 306 g/mol. The summed E-state index contributed by atoms with van der Waals surface area (Å²) in [6, 6.07) is 5.08. The van der Waals surface area contributed by atoms with E-state index in [1.807, 2.05) is 6.92 Å². The van der Waals surface area contributed by atoms with E-state index in [0.717, 1.165) is 9.13 Å². The summed E-state index contributed by atoms with van der Waals surface area (Å²) in [4.78, 5) is 17.1. The van der Waals surface area contributed by atoms with Crippen molar-refractivity contribution in [2.75, 3.05) is 0 Å². The highest BCUT2D eigenvalue weighted by Gasteiger charge is 2.20. The Morgan fingerprint density at radius 3 is 2.54 bits per heavy atom. The molecule has 0 radical (unpaired) electrons. The second-order valence-corrected chi connectivity index (χ2v) is 4.95.